The van der Waals surface area contributed by atoms with Gasteiger partial charge in [0.25, 0.3) is 11.8 Å². The molecule has 0 aromatic heterocycles. The van der Waals surface area contributed by atoms with Crippen LogP contribution in [-0.2, 0) is 14.8 Å². The standard InChI is InChI=1S/C21H25BrN4O5S/c1-25(2)32(29,30)17-9-10-19(26-11-3-4-12-26)18(13-17)21(28)24-23-20(27)14-31-16-7-5-15(22)6-8-16/h5-10,13H,3-4,11-12,14H2,1-2H3,(H,23,27)(H,24,28). The van der Waals surface area contributed by atoms with E-state index in [2.05, 4.69) is 26.8 Å². The molecule has 2 aromatic carbocycles. The summed E-state index contributed by atoms with van der Waals surface area (Å²) in [6.07, 6.45) is 1.98. The zero-order valence-corrected chi connectivity index (χ0v) is 20.2. The first-order valence-electron chi connectivity index (χ1n) is 9.97. The molecule has 1 saturated heterocycles. The SMILES string of the molecule is CN(C)S(=O)(=O)c1ccc(N2CCCC2)c(C(=O)NNC(=O)COc2ccc(Br)cc2)c1. The lowest BCUT2D eigenvalue weighted by Gasteiger charge is -2.22. The van der Waals surface area contributed by atoms with Gasteiger partial charge in [0, 0.05) is 37.3 Å². The average molecular weight is 525 g/mol. The van der Waals surface area contributed by atoms with Crippen LogP contribution in [0.1, 0.15) is 23.2 Å². The van der Waals surface area contributed by atoms with Gasteiger partial charge in [0.15, 0.2) is 6.61 Å². The zero-order valence-electron chi connectivity index (χ0n) is 17.8. The second-order valence-corrected chi connectivity index (χ2v) is 10.5. The molecule has 0 saturated carbocycles. The number of nitrogens with one attached hydrogen (secondary N) is 2. The lowest BCUT2D eigenvalue weighted by Crippen LogP contribution is -2.44. The Morgan fingerprint density at radius 2 is 1.72 bits per heavy atom. The highest BCUT2D eigenvalue weighted by atomic mass is 79.9. The quantitative estimate of drug-likeness (QED) is 0.537. The fourth-order valence-corrected chi connectivity index (χ4v) is 4.40. The molecule has 9 nitrogen and oxygen atoms in total. The van der Waals surface area contributed by atoms with E-state index >= 15 is 0 Å². The van der Waals surface area contributed by atoms with Gasteiger partial charge in [-0.25, -0.2) is 12.7 Å². The summed E-state index contributed by atoms with van der Waals surface area (Å²) in [4.78, 5) is 27.0. The topological polar surface area (TPSA) is 108 Å². The van der Waals surface area contributed by atoms with Gasteiger partial charge in [0.05, 0.1) is 10.5 Å². The van der Waals surface area contributed by atoms with E-state index in [-0.39, 0.29) is 17.1 Å². The van der Waals surface area contributed by atoms with E-state index in [0.717, 1.165) is 34.7 Å². The Bertz CT molecular complexity index is 1080. The maximum atomic E-state index is 12.9. The third kappa shape index (κ3) is 5.78. The van der Waals surface area contributed by atoms with Crippen LogP contribution in [0.3, 0.4) is 0 Å². The third-order valence-electron chi connectivity index (χ3n) is 4.94. The molecule has 0 spiro atoms. The summed E-state index contributed by atoms with van der Waals surface area (Å²) in [5.41, 5.74) is 5.46. The van der Waals surface area contributed by atoms with E-state index in [4.69, 9.17) is 4.74 Å². The van der Waals surface area contributed by atoms with Gasteiger partial charge in [-0.2, -0.15) is 0 Å². The molecule has 2 aromatic rings. The maximum Gasteiger partial charge on any atom is 0.276 e. The molecule has 0 unspecified atom stereocenters. The number of nitrogens with zero attached hydrogens (tertiary/aromatic N) is 2. The van der Waals surface area contributed by atoms with Crippen molar-refractivity contribution in [3.05, 3.63) is 52.5 Å². The molecule has 11 heteroatoms. The summed E-state index contributed by atoms with van der Waals surface area (Å²) >= 11 is 3.32. The van der Waals surface area contributed by atoms with Crippen molar-refractivity contribution >= 4 is 43.5 Å². The average Bonchev–Trinajstić information content (AvgIpc) is 3.31. The molecule has 1 aliphatic rings. The number of carbonyl (C=O) groups is 2. The Morgan fingerprint density at radius 3 is 2.34 bits per heavy atom. The Balaban J connectivity index is 1.71. The van der Waals surface area contributed by atoms with E-state index in [1.807, 2.05) is 4.90 Å². The second-order valence-electron chi connectivity index (χ2n) is 7.41. The molecule has 0 radical (unpaired) electrons. The van der Waals surface area contributed by atoms with Crippen LogP contribution in [0.15, 0.2) is 51.8 Å². The normalized spacial score (nSPS) is 13.8. The van der Waals surface area contributed by atoms with Gasteiger partial charge in [0.1, 0.15) is 5.75 Å². The first-order valence-corrected chi connectivity index (χ1v) is 12.2. The van der Waals surface area contributed by atoms with Gasteiger partial charge in [0.2, 0.25) is 10.0 Å². The first-order chi connectivity index (χ1) is 15.2. The van der Waals surface area contributed by atoms with Crippen molar-refractivity contribution in [2.45, 2.75) is 17.7 Å². The minimum Gasteiger partial charge on any atom is -0.484 e. The summed E-state index contributed by atoms with van der Waals surface area (Å²) in [7, 11) is -0.871. The van der Waals surface area contributed by atoms with Gasteiger partial charge in [-0.3, -0.25) is 20.4 Å². The molecule has 1 fully saturated rings. The van der Waals surface area contributed by atoms with Crippen molar-refractivity contribution in [3.8, 4) is 5.75 Å². The summed E-state index contributed by atoms with van der Waals surface area (Å²) in [5.74, 6) is -0.659. The van der Waals surface area contributed by atoms with Crippen molar-refractivity contribution in [2.75, 3.05) is 38.7 Å². The monoisotopic (exact) mass is 524 g/mol. The van der Waals surface area contributed by atoms with Crippen LogP contribution in [0.25, 0.3) is 0 Å². The number of hydrogen-bond donors (Lipinski definition) is 2. The highest BCUT2D eigenvalue weighted by molar-refractivity contribution is 9.10. The van der Waals surface area contributed by atoms with Crippen LogP contribution in [0.2, 0.25) is 0 Å². The molecule has 3 rings (SSSR count). The fourth-order valence-electron chi connectivity index (χ4n) is 3.21. The van der Waals surface area contributed by atoms with Gasteiger partial charge >= 0.3 is 0 Å². The number of rotatable bonds is 7. The molecular formula is C21H25BrN4O5S. The van der Waals surface area contributed by atoms with Crippen LogP contribution in [0.4, 0.5) is 5.69 Å². The lowest BCUT2D eigenvalue weighted by molar-refractivity contribution is -0.123. The summed E-state index contributed by atoms with van der Waals surface area (Å²) in [5, 5.41) is 0. The van der Waals surface area contributed by atoms with E-state index in [1.165, 1.54) is 26.2 Å². The highest BCUT2D eigenvalue weighted by Crippen LogP contribution is 2.28. The van der Waals surface area contributed by atoms with Gasteiger partial charge in [-0.15, -0.1) is 0 Å². The number of hydrogen-bond acceptors (Lipinski definition) is 6. The summed E-state index contributed by atoms with van der Waals surface area (Å²) in [6, 6.07) is 11.4. The number of sulfonamides is 1. The molecule has 32 heavy (non-hydrogen) atoms. The van der Waals surface area contributed by atoms with Crippen molar-refractivity contribution in [2.24, 2.45) is 0 Å². The van der Waals surface area contributed by atoms with Crippen molar-refractivity contribution in [1.29, 1.82) is 0 Å². The summed E-state index contributed by atoms with van der Waals surface area (Å²) < 4.78 is 32.4. The molecule has 2 N–H and O–H groups in total. The molecule has 1 heterocycles. The van der Waals surface area contributed by atoms with Gasteiger partial charge in [-0.05, 0) is 55.3 Å². The number of ether oxygens (including phenoxy) is 1. The van der Waals surface area contributed by atoms with E-state index in [9.17, 15) is 18.0 Å². The second kappa shape index (κ2) is 10.3. The predicted molar refractivity (Wildman–Crippen MR) is 124 cm³/mol. The largest absolute Gasteiger partial charge is 0.484 e. The Morgan fingerprint density at radius 1 is 1.06 bits per heavy atom. The van der Waals surface area contributed by atoms with Crippen molar-refractivity contribution < 1.29 is 22.7 Å². The van der Waals surface area contributed by atoms with Crippen LogP contribution < -0.4 is 20.5 Å². The molecule has 0 atom stereocenters. The molecule has 0 bridgehead atoms. The van der Waals surface area contributed by atoms with Crippen LogP contribution in [0, 0.1) is 0 Å². The maximum absolute atomic E-state index is 12.9. The lowest BCUT2D eigenvalue weighted by atomic mass is 10.1. The van der Waals surface area contributed by atoms with E-state index < -0.39 is 21.8 Å². The Hall–Kier alpha value is -2.63. The number of carbonyl (C=O) groups excluding carboxylic acids is 2. The fraction of sp³-hybridized carbons (Fsp3) is 0.333. The summed E-state index contributed by atoms with van der Waals surface area (Å²) in [6.45, 7) is 1.25. The van der Waals surface area contributed by atoms with Crippen molar-refractivity contribution in [1.82, 2.24) is 15.2 Å². The zero-order chi connectivity index (χ0) is 23.3. The van der Waals surface area contributed by atoms with Crippen LogP contribution >= 0.6 is 15.9 Å². The highest BCUT2D eigenvalue weighted by Gasteiger charge is 2.24. The first kappa shape index (κ1) is 24.0. The minimum absolute atomic E-state index is 0.000459. The number of hydrazine groups is 1. The number of amides is 2. The number of halogens is 1. The number of benzene rings is 2. The Labute approximate surface area is 195 Å². The smallest absolute Gasteiger partial charge is 0.276 e. The predicted octanol–water partition coefficient (Wildman–Crippen LogP) is 2.14. The molecule has 0 aliphatic carbocycles. The van der Waals surface area contributed by atoms with Gasteiger partial charge in [-0.1, -0.05) is 15.9 Å². The van der Waals surface area contributed by atoms with Crippen LogP contribution in [-0.4, -0.2) is 58.3 Å². The number of anilines is 1. The van der Waals surface area contributed by atoms with E-state index in [1.54, 1.807) is 30.3 Å². The molecule has 2 amide bonds. The van der Waals surface area contributed by atoms with Crippen LogP contribution in [0.5, 0.6) is 5.75 Å². The Kier molecular flexibility index (Phi) is 7.75. The third-order valence-corrected chi connectivity index (χ3v) is 7.28. The molecule has 172 valence electrons. The van der Waals surface area contributed by atoms with E-state index in [0.29, 0.717) is 11.4 Å². The molecular weight excluding hydrogens is 500 g/mol. The van der Waals surface area contributed by atoms with Crippen molar-refractivity contribution in [3.63, 3.8) is 0 Å². The van der Waals surface area contributed by atoms with Gasteiger partial charge < -0.3 is 9.64 Å². The molecule has 1 aliphatic heterocycles. The minimum atomic E-state index is -3.72.